The molecule has 0 heterocycles. The molecule has 1 amide bonds. The molecular weight excluding hydrogens is 306 g/mol. The van der Waals surface area contributed by atoms with Crippen molar-refractivity contribution in [1.29, 1.82) is 0 Å². The molecule has 0 aliphatic rings. The molecule has 5 heteroatoms. The summed E-state index contributed by atoms with van der Waals surface area (Å²) in [6, 6.07) is 17.6. The SMILES string of the molecule is CCOCC.O=C(N[C@H](CO)c1ccccc1)Oc1ccccc1. The van der Waals surface area contributed by atoms with E-state index in [4.69, 9.17) is 9.47 Å². The van der Waals surface area contributed by atoms with E-state index in [9.17, 15) is 9.90 Å². The molecule has 0 aliphatic heterocycles. The van der Waals surface area contributed by atoms with Gasteiger partial charge in [-0.2, -0.15) is 0 Å². The summed E-state index contributed by atoms with van der Waals surface area (Å²) in [4.78, 5) is 11.7. The molecule has 0 spiro atoms. The molecule has 2 N–H and O–H groups in total. The lowest BCUT2D eigenvalue weighted by atomic mass is 10.1. The number of carbonyl (C=O) groups excluding carboxylic acids is 1. The number of hydrogen-bond acceptors (Lipinski definition) is 4. The minimum Gasteiger partial charge on any atom is -0.410 e. The second-order valence-corrected chi connectivity index (χ2v) is 4.77. The first-order valence-corrected chi connectivity index (χ1v) is 7.98. The lowest BCUT2D eigenvalue weighted by Gasteiger charge is -2.16. The highest BCUT2D eigenvalue weighted by atomic mass is 16.6. The van der Waals surface area contributed by atoms with Gasteiger partial charge in [-0.15, -0.1) is 0 Å². The molecule has 2 aromatic carbocycles. The summed E-state index contributed by atoms with van der Waals surface area (Å²) < 4.78 is 9.94. The first-order valence-electron chi connectivity index (χ1n) is 7.98. The summed E-state index contributed by atoms with van der Waals surface area (Å²) in [7, 11) is 0. The van der Waals surface area contributed by atoms with Gasteiger partial charge in [0.05, 0.1) is 12.6 Å². The number of para-hydroxylation sites is 1. The fraction of sp³-hybridized carbons (Fsp3) is 0.316. The van der Waals surface area contributed by atoms with E-state index in [1.165, 1.54) is 0 Å². The van der Waals surface area contributed by atoms with Crippen molar-refractivity contribution in [2.75, 3.05) is 19.8 Å². The molecule has 0 unspecified atom stereocenters. The van der Waals surface area contributed by atoms with Crippen molar-refractivity contribution in [3.63, 3.8) is 0 Å². The van der Waals surface area contributed by atoms with E-state index >= 15 is 0 Å². The van der Waals surface area contributed by atoms with E-state index in [1.807, 2.05) is 50.2 Å². The van der Waals surface area contributed by atoms with E-state index in [0.29, 0.717) is 5.75 Å². The van der Waals surface area contributed by atoms with Crippen LogP contribution < -0.4 is 10.1 Å². The molecule has 0 aromatic heterocycles. The third-order valence-corrected chi connectivity index (χ3v) is 3.04. The Kier molecular flexibility index (Phi) is 9.92. The summed E-state index contributed by atoms with van der Waals surface area (Å²) >= 11 is 0. The van der Waals surface area contributed by atoms with Crippen molar-refractivity contribution < 1.29 is 19.4 Å². The van der Waals surface area contributed by atoms with Gasteiger partial charge in [-0.3, -0.25) is 0 Å². The average molecular weight is 331 g/mol. The summed E-state index contributed by atoms with van der Waals surface area (Å²) in [5.74, 6) is 0.463. The van der Waals surface area contributed by atoms with Crippen molar-refractivity contribution in [2.24, 2.45) is 0 Å². The Morgan fingerprint density at radius 1 is 1.00 bits per heavy atom. The van der Waals surface area contributed by atoms with Gasteiger partial charge in [-0.1, -0.05) is 48.5 Å². The Hall–Kier alpha value is -2.37. The summed E-state index contributed by atoms with van der Waals surface area (Å²) in [6.45, 7) is 5.48. The number of carbonyl (C=O) groups is 1. The van der Waals surface area contributed by atoms with Gasteiger partial charge >= 0.3 is 6.09 Å². The van der Waals surface area contributed by atoms with Crippen molar-refractivity contribution in [1.82, 2.24) is 5.32 Å². The van der Waals surface area contributed by atoms with E-state index < -0.39 is 12.1 Å². The number of ether oxygens (including phenoxy) is 2. The Bertz CT molecular complexity index is 558. The van der Waals surface area contributed by atoms with Crippen LogP contribution in [0.4, 0.5) is 4.79 Å². The number of aliphatic hydroxyl groups is 1. The number of nitrogens with one attached hydrogen (secondary N) is 1. The van der Waals surface area contributed by atoms with E-state index in [-0.39, 0.29) is 6.61 Å². The molecule has 0 saturated carbocycles. The second-order valence-electron chi connectivity index (χ2n) is 4.77. The van der Waals surface area contributed by atoms with E-state index in [0.717, 1.165) is 18.8 Å². The predicted octanol–water partition coefficient (Wildman–Crippen LogP) is 3.55. The maximum Gasteiger partial charge on any atom is 0.413 e. The summed E-state index contributed by atoms with van der Waals surface area (Å²) in [5.41, 5.74) is 0.829. The van der Waals surface area contributed by atoms with Crippen LogP contribution in [-0.2, 0) is 4.74 Å². The molecule has 130 valence electrons. The largest absolute Gasteiger partial charge is 0.413 e. The normalized spacial score (nSPS) is 11.0. The standard InChI is InChI=1S/C15H15NO3.C4H10O/c17-11-14(12-7-3-1-4-8-12)16-15(18)19-13-9-5-2-6-10-13;1-3-5-4-2/h1-10,14,17H,11H2,(H,16,18);3-4H2,1-2H3/t14-;/m1./s1. The van der Waals surface area contributed by atoms with Crippen LogP contribution in [-0.4, -0.2) is 31.0 Å². The molecule has 2 rings (SSSR count). The van der Waals surface area contributed by atoms with Gasteiger partial charge in [0.1, 0.15) is 5.75 Å². The van der Waals surface area contributed by atoms with Gasteiger partial charge < -0.3 is 19.9 Å². The Morgan fingerprint density at radius 2 is 1.54 bits per heavy atom. The van der Waals surface area contributed by atoms with Gasteiger partial charge in [-0.25, -0.2) is 4.79 Å². The number of rotatable bonds is 6. The highest BCUT2D eigenvalue weighted by molar-refractivity contribution is 5.70. The van der Waals surface area contributed by atoms with Crippen LogP contribution in [0.25, 0.3) is 0 Å². The quantitative estimate of drug-likeness (QED) is 0.849. The predicted molar refractivity (Wildman–Crippen MR) is 94.0 cm³/mol. The average Bonchev–Trinajstić information content (AvgIpc) is 2.62. The monoisotopic (exact) mass is 331 g/mol. The molecule has 1 atom stereocenters. The molecule has 2 aromatic rings. The maximum atomic E-state index is 11.7. The van der Waals surface area contributed by atoms with Crippen molar-refractivity contribution in [3.05, 3.63) is 66.2 Å². The molecule has 24 heavy (non-hydrogen) atoms. The Morgan fingerprint density at radius 3 is 2.00 bits per heavy atom. The van der Waals surface area contributed by atoms with Gasteiger partial charge in [0.15, 0.2) is 0 Å². The zero-order valence-corrected chi connectivity index (χ0v) is 14.1. The van der Waals surface area contributed by atoms with Crippen LogP contribution in [0.15, 0.2) is 60.7 Å². The van der Waals surface area contributed by atoms with Crippen molar-refractivity contribution >= 4 is 6.09 Å². The summed E-state index contributed by atoms with van der Waals surface area (Å²) in [5, 5.41) is 11.9. The molecule has 5 nitrogen and oxygen atoms in total. The van der Waals surface area contributed by atoms with Crippen LogP contribution in [0.3, 0.4) is 0 Å². The fourth-order valence-electron chi connectivity index (χ4n) is 1.89. The Labute approximate surface area is 143 Å². The first kappa shape index (κ1) is 19.7. The minimum atomic E-state index is -0.589. The fourth-order valence-corrected chi connectivity index (χ4v) is 1.89. The van der Waals surface area contributed by atoms with Crippen LogP contribution in [0.5, 0.6) is 5.75 Å². The lowest BCUT2D eigenvalue weighted by Crippen LogP contribution is -2.33. The molecular formula is C19H25NO4. The molecule has 0 saturated heterocycles. The topological polar surface area (TPSA) is 67.8 Å². The van der Waals surface area contributed by atoms with Gasteiger partial charge in [0.2, 0.25) is 0 Å². The number of aliphatic hydroxyl groups excluding tert-OH is 1. The molecule has 0 aliphatic carbocycles. The molecule has 0 bridgehead atoms. The minimum absolute atomic E-state index is 0.187. The summed E-state index contributed by atoms with van der Waals surface area (Å²) in [6.07, 6.45) is -0.589. The number of hydrogen-bond donors (Lipinski definition) is 2. The van der Waals surface area contributed by atoms with E-state index in [2.05, 4.69) is 5.32 Å². The van der Waals surface area contributed by atoms with Crippen LogP contribution in [0, 0.1) is 0 Å². The number of benzene rings is 2. The van der Waals surface area contributed by atoms with Gasteiger partial charge in [-0.05, 0) is 31.5 Å². The maximum absolute atomic E-state index is 11.7. The smallest absolute Gasteiger partial charge is 0.410 e. The highest BCUT2D eigenvalue weighted by Gasteiger charge is 2.14. The van der Waals surface area contributed by atoms with Crippen molar-refractivity contribution in [2.45, 2.75) is 19.9 Å². The Balaban J connectivity index is 0.000000505. The number of amides is 1. The van der Waals surface area contributed by atoms with Crippen LogP contribution in [0.1, 0.15) is 25.5 Å². The highest BCUT2D eigenvalue weighted by Crippen LogP contribution is 2.13. The van der Waals surface area contributed by atoms with E-state index in [1.54, 1.807) is 24.3 Å². The van der Waals surface area contributed by atoms with Crippen LogP contribution >= 0.6 is 0 Å². The third kappa shape index (κ3) is 7.76. The molecule has 0 fully saturated rings. The lowest BCUT2D eigenvalue weighted by molar-refractivity contribution is 0.162. The zero-order chi connectivity index (χ0) is 17.6. The second kappa shape index (κ2) is 12.1. The van der Waals surface area contributed by atoms with Crippen molar-refractivity contribution in [3.8, 4) is 5.75 Å². The molecule has 0 radical (unpaired) electrons. The third-order valence-electron chi connectivity index (χ3n) is 3.04. The van der Waals surface area contributed by atoms with Gasteiger partial charge in [0, 0.05) is 13.2 Å². The zero-order valence-electron chi connectivity index (χ0n) is 14.1. The first-order chi connectivity index (χ1) is 11.7. The van der Waals surface area contributed by atoms with Crippen LogP contribution in [0.2, 0.25) is 0 Å². The van der Waals surface area contributed by atoms with Gasteiger partial charge in [0.25, 0.3) is 0 Å².